The molecule has 11 rings (SSSR count). The summed E-state index contributed by atoms with van der Waals surface area (Å²) in [7, 11) is 0. The van der Waals surface area contributed by atoms with E-state index in [2.05, 4.69) is 181 Å². The molecular weight excluding hydrogens is 671 g/mol. The second-order valence-electron chi connectivity index (χ2n) is 14.1. The number of furan rings is 2. The highest BCUT2D eigenvalue weighted by Crippen LogP contribution is 2.47. The molecule has 0 saturated heterocycles. The first kappa shape index (κ1) is 31.2. The molecule has 0 aliphatic rings. The number of anilines is 3. The summed E-state index contributed by atoms with van der Waals surface area (Å²) in [6.45, 7) is 0. The van der Waals surface area contributed by atoms with Crippen molar-refractivity contribution in [2.45, 2.75) is 0 Å². The Kier molecular flexibility index (Phi) is 7.17. The van der Waals surface area contributed by atoms with Gasteiger partial charge in [0, 0.05) is 44.2 Å². The van der Waals surface area contributed by atoms with E-state index in [1.807, 2.05) is 24.3 Å². The van der Waals surface area contributed by atoms with E-state index < -0.39 is 0 Å². The zero-order valence-electron chi connectivity index (χ0n) is 29.8. The summed E-state index contributed by atoms with van der Waals surface area (Å²) < 4.78 is 13.3. The van der Waals surface area contributed by atoms with Crippen LogP contribution in [0.25, 0.3) is 88.0 Å². The van der Waals surface area contributed by atoms with Crippen LogP contribution in [0.1, 0.15) is 0 Å². The molecular formula is C52H33NO2. The Morgan fingerprint density at radius 3 is 1.51 bits per heavy atom. The van der Waals surface area contributed by atoms with Crippen LogP contribution in [0.4, 0.5) is 17.1 Å². The van der Waals surface area contributed by atoms with Crippen LogP contribution in [0.2, 0.25) is 0 Å². The second kappa shape index (κ2) is 12.6. The van der Waals surface area contributed by atoms with Crippen LogP contribution in [0.15, 0.2) is 209 Å². The summed E-state index contributed by atoms with van der Waals surface area (Å²) in [6, 6.07) is 71.0. The molecule has 0 amide bonds. The van der Waals surface area contributed by atoms with Crippen molar-refractivity contribution in [1.29, 1.82) is 0 Å². The molecule has 2 heterocycles. The summed E-state index contributed by atoms with van der Waals surface area (Å²) >= 11 is 0. The van der Waals surface area contributed by atoms with E-state index in [1.54, 1.807) is 0 Å². The molecule has 0 spiro atoms. The van der Waals surface area contributed by atoms with Crippen LogP contribution in [0.3, 0.4) is 0 Å². The fraction of sp³-hybridized carbons (Fsp3) is 0. The molecule has 0 N–H and O–H groups in total. The number of hydrogen-bond donors (Lipinski definition) is 0. The molecule has 0 unspecified atom stereocenters. The van der Waals surface area contributed by atoms with Crippen molar-refractivity contribution in [3.05, 3.63) is 200 Å². The number of hydrogen-bond acceptors (Lipinski definition) is 3. The molecule has 3 nitrogen and oxygen atoms in total. The summed E-state index contributed by atoms with van der Waals surface area (Å²) in [4.78, 5) is 2.36. The Morgan fingerprint density at radius 2 is 0.836 bits per heavy atom. The lowest BCUT2D eigenvalue weighted by atomic mass is 9.96. The number of para-hydroxylation sites is 1. The molecule has 0 radical (unpaired) electrons. The van der Waals surface area contributed by atoms with Crippen LogP contribution < -0.4 is 4.90 Å². The fourth-order valence-corrected chi connectivity index (χ4v) is 8.18. The molecule has 3 heteroatoms. The van der Waals surface area contributed by atoms with E-state index >= 15 is 0 Å². The molecule has 258 valence electrons. The molecule has 2 aromatic heterocycles. The van der Waals surface area contributed by atoms with Gasteiger partial charge in [-0.2, -0.15) is 0 Å². The van der Waals surface area contributed by atoms with Crippen molar-refractivity contribution in [2.75, 3.05) is 4.90 Å². The minimum atomic E-state index is 0.833. The van der Waals surface area contributed by atoms with Gasteiger partial charge in [0.2, 0.25) is 0 Å². The largest absolute Gasteiger partial charge is 0.456 e. The van der Waals surface area contributed by atoms with Crippen LogP contribution in [0, 0.1) is 0 Å². The molecule has 0 atom stereocenters. The molecule has 11 aromatic rings. The van der Waals surface area contributed by atoms with Crippen LogP contribution in [-0.4, -0.2) is 0 Å². The van der Waals surface area contributed by atoms with E-state index in [4.69, 9.17) is 8.83 Å². The van der Waals surface area contributed by atoms with Gasteiger partial charge in [-0.1, -0.05) is 140 Å². The maximum absolute atomic E-state index is 6.89. The number of rotatable bonds is 6. The third kappa shape index (κ3) is 5.28. The van der Waals surface area contributed by atoms with Crippen molar-refractivity contribution in [3.63, 3.8) is 0 Å². The average Bonchev–Trinajstić information content (AvgIpc) is 3.83. The van der Waals surface area contributed by atoms with E-state index in [9.17, 15) is 0 Å². The van der Waals surface area contributed by atoms with E-state index in [0.717, 1.165) is 72.1 Å². The third-order valence-electron chi connectivity index (χ3n) is 10.8. The number of fused-ring (bicyclic) bond motifs is 8. The summed E-state index contributed by atoms with van der Waals surface area (Å²) in [5.41, 5.74) is 13.4. The standard InChI is InChI=1S/C52H33NO2/c1-3-11-34(12-4-1)37-21-25-41(26-22-37)53(42-27-23-38(24-28-42)35-13-5-2-6-14-35)43-32-45(40-20-19-36-15-7-8-16-39(36)31-40)52-46(33-43)51-49(55-52)30-29-48-50(51)44-17-9-10-18-47(44)54-48/h1-33H. The van der Waals surface area contributed by atoms with Crippen molar-refractivity contribution >= 4 is 71.7 Å². The minimum Gasteiger partial charge on any atom is -0.456 e. The van der Waals surface area contributed by atoms with Gasteiger partial charge in [0.15, 0.2) is 0 Å². The lowest BCUT2D eigenvalue weighted by molar-refractivity contribution is 0.663. The SMILES string of the molecule is c1ccc(-c2ccc(N(c3ccc(-c4ccccc4)cc3)c3cc(-c4ccc5ccccc5c4)c4oc5ccc6oc7ccccc7c6c5c4c3)cc2)cc1. The Bertz CT molecular complexity index is 3090. The minimum absolute atomic E-state index is 0.833. The highest BCUT2D eigenvalue weighted by atomic mass is 16.3. The number of nitrogens with zero attached hydrogens (tertiary/aromatic N) is 1. The zero-order chi connectivity index (χ0) is 36.3. The molecule has 0 fully saturated rings. The molecule has 0 saturated carbocycles. The predicted octanol–water partition coefficient (Wildman–Crippen LogP) is 15.1. The van der Waals surface area contributed by atoms with Crippen molar-refractivity contribution in [1.82, 2.24) is 0 Å². The maximum Gasteiger partial charge on any atom is 0.143 e. The lowest BCUT2D eigenvalue weighted by Crippen LogP contribution is -2.10. The monoisotopic (exact) mass is 703 g/mol. The van der Waals surface area contributed by atoms with Crippen molar-refractivity contribution in [3.8, 4) is 33.4 Å². The Hall–Kier alpha value is -7.36. The van der Waals surface area contributed by atoms with Gasteiger partial charge in [-0.25, -0.2) is 0 Å². The maximum atomic E-state index is 6.89. The highest BCUT2D eigenvalue weighted by molar-refractivity contribution is 6.27. The zero-order valence-corrected chi connectivity index (χ0v) is 29.8. The quantitative estimate of drug-likeness (QED) is 0.173. The van der Waals surface area contributed by atoms with Gasteiger partial charge in [0.1, 0.15) is 22.3 Å². The summed E-state index contributed by atoms with van der Waals surface area (Å²) in [5.74, 6) is 0. The topological polar surface area (TPSA) is 29.5 Å². The highest BCUT2D eigenvalue weighted by Gasteiger charge is 2.23. The van der Waals surface area contributed by atoms with Gasteiger partial charge in [0.05, 0.1) is 0 Å². The molecule has 0 aliphatic heterocycles. The van der Waals surface area contributed by atoms with E-state index in [1.165, 1.54) is 33.0 Å². The summed E-state index contributed by atoms with van der Waals surface area (Å²) in [6.07, 6.45) is 0. The van der Waals surface area contributed by atoms with Gasteiger partial charge in [-0.05, 0) is 99.3 Å². The first-order chi connectivity index (χ1) is 27.2. The Morgan fingerprint density at radius 1 is 0.309 bits per heavy atom. The average molecular weight is 704 g/mol. The molecule has 55 heavy (non-hydrogen) atoms. The molecule has 0 aliphatic carbocycles. The smallest absolute Gasteiger partial charge is 0.143 e. The molecule has 9 aromatic carbocycles. The van der Waals surface area contributed by atoms with Crippen molar-refractivity contribution in [2.24, 2.45) is 0 Å². The van der Waals surface area contributed by atoms with Crippen LogP contribution >= 0.6 is 0 Å². The first-order valence-corrected chi connectivity index (χ1v) is 18.7. The van der Waals surface area contributed by atoms with Gasteiger partial charge in [0.25, 0.3) is 0 Å². The van der Waals surface area contributed by atoms with Gasteiger partial charge in [-0.3, -0.25) is 0 Å². The number of benzene rings is 9. The fourth-order valence-electron chi connectivity index (χ4n) is 8.18. The van der Waals surface area contributed by atoms with Gasteiger partial charge < -0.3 is 13.7 Å². The van der Waals surface area contributed by atoms with Crippen molar-refractivity contribution < 1.29 is 8.83 Å². The molecule has 0 bridgehead atoms. The first-order valence-electron chi connectivity index (χ1n) is 18.7. The summed E-state index contributed by atoms with van der Waals surface area (Å²) in [5, 5.41) is 6.63. The Labute approximate surface area is 317 Å². The lowest BCUT2D eigenvalue weighted by Gasteiger charge is -2.27. The second-order valence-corrected chi connectivity index (χ2v) is 14.1. The van der Waals surface area contributed by atoms with Gasteiger partial charge >= 0.3 is 0 Å². The predicted molar refractivity (Wildman–Crippen MR) is 229 cm³/mol. The Balaban J connectivity index is 1.19. The van der Waals surface area contributed by atoms with E-state index in [-0.39, 0.29) is 0 Å². The van der Waals surface area contributed by atoms with E-state index in [0.29, 0.717) is 0 Å². The van der Waals surface area contributed by atoms with Gasteiger partial charge in [-0.15, -0.1) is 0 Å². The third-order valence-corrected chi connectivity index (χ3v) is 10.8. The normalized spacial score (nSPS) is 11.6. The van der Waals surface area contributed by atoms with Crippen LogP contribution in [0.5, 0.6) is 0 Å². The van der Waals surface area contributed by atoms with Crippen LogP contribution in [-0.2, 0) is 0 Å².